The maximum absolute atomic E-state index is 12.3. The van der Waals surface area contributed by atoms with Crippen molar-refractivity contribution in [3.8, 4) is 5.75 Å². The van der Waals surface area contributed by atoms with Crippen LogP contribution in [0.15, 0.2) is 24.3 Å². The zero-order valence-electron chi connectivity index (χ0n) is 14.7. The summed E-state index contributed by atoms with van der Waals surface area (Å²) < 4.78 is 5.64. The van der Waals surface area contributed by atoms with Crippen LogP contribution < -0.4 is 15.8 Å². The minimum absolute atomic E-state index is 0. The van der Waals surface area contributed by atoms with Gasteiger partial charge in [0.05, 0.1) is 18.9 Å². The second-order valence-electron chi connectivity index (χ2n) is 6.17. The monoisotopic (exact) mass is 369 g/mol. The zero-order valence-corrected chi connectivity index (χ0v) is 15.5. The first-order chi connectivity index (χ1) is 11.6. The largest absolute Gasteiger partial charge is 0.493 e. The van der Waals surface area contributed by atoms with Gasteiger partial charge < -0.3 is 20.7 Å². The summed E-state index contributed by atoms with van der Waals surface area (Å²) >= 11 is 0. The van der Waals surface area contributed by atoms with E-state index in [4.69, 9.17) is 10.5 Å². The van der Waals surface area contributed by atoms with E-state index >= 15 is 0 Å². The van der Waals surface area contributed by atoms with Crippen molar-refractivity contribution in [2.45, 2.75) is 26.2 Å². The summed E-state index contributed by atoms with van der Waals surface area (Å²) in [5.74, 6) is 0.681. The molecule has 0 aliphatic carbocycles. The molecule has 1 heterocycles. The molecule has 1 unspecified atom stereocenters. The summed E-state index contributed by atoms with van der Waals surface area (Å²) in [6.45, 7) is 4.46. The number of hydrogen-bond acceptors (Lipinski definition) is 4. The molecule has 1 aromatic rings. The Bertz CT molecular complexity index is 568. The number of benzene rings is 1. The number of nitrogens with zero attached hydrogens (tertiary/aromatic N) is 1. The van der Waals surface area contributed by atoms with Crippen LogP contribution in [0.25, 0.3) is 0 Å². The predicted octanol–water partition coefficient (Wildman–Crippen LogP) is 1.50. The van der Waals surface area contributed by atoms with E-state index in [0.29, 0.717) is 39.2 Å². The first-order valence-corrected chi connectivity index (χ1v) is 8.55. The molecule has 1 fully saturated rings. The highest BCUT2D eigenvalue weighted by Gasteiger charge is 2.27. The molecule has 1 atom stereocenters. The Balaban J connectivity index is 0.00000312. The molecule has 2 amide bonds. The molecule has 6 nitrogen and oxygen atoms in total. The van der Waals surface area contributed by atoms with Crippen LogP contribution in [0.5, 0.6) is 5.75 Å². The van der Waals surface area contributed by atoms with Gasteiger partial charge in [0.2, 0.25) is 11.8 Å². The van der Waals surface area contributed by atoms with E-state index < -0.39 is 0 Å². The Morgan fingerprint density at radius 2 is 2.20 bits per heavy atom. The number of rotatable bonds is 7. The summed E-state index contributed by atoms with van der Waals surface area (Å²) in [5, 5.41) is 2.80. The zero-order chi connectivity index (χ0) is 17.4. The minimum atomic E-state index is -0.132. The van der Waals surface area contributed by atoms with Gasteiger partial charge in [0.15, 0.2) is 0 Å². The van der Waals surface area contributed by atoms with E-state index in [1.807, 2.05) is 31.2 Å². The van der Waals surface area contributed by atoms with Crippen LogP contribution in [-0.4, -0.2) is 49.5 Å². The molecule has 1 aromatic carbocycles. The van der Waals surface area contributed by atoms with E-state index in [1.54, 1.807) is 4.90 Å². The van der Waals surface area contributed by atoms with Crippen molar-refractivity contribution in [2.75, 3.05) is 32.8 Å². The van der Waals surface area contributed by atoms with Crippen LogP contribution in [0.3, 0.4) is 0 Å². The third kappa shape index (κ3) is 6.92. The van der Waals surface area contributed by atoms with Crippen molar-refractivity contribution in [1.29, 1.82) is 0 Å². The molecule has 7 heteroatoms. The average Bonchev–Trinajstić information content (AvgIpc) is 2.59. The third-order valence-corrected chi connectivity index (χ3v) is 4.16. The van der Waals surface area contributed by atoms with Gasteiger partial charge in [-0.25, -0.2) is 0 Å². The first kappa shape index (κ1) is 21.3. The fourth-order valence-corrected chi connectivity index (χ4v) is 2.88. The molecule has 0 spiro atoms. The van der Waals surface area contributed by atoms with Gasteiger partial charge in [-0.1, -0.05) is 12.1 Å². The van der Waals surface area contributed by atoms with Crippen molar-refractivity contribution >= 4 is 24.2 Å². The summed E-state index contributed by atoms with van der Waals surface area (Å²) in [6, 6.07) is 7.77. The molecule has 140 valence electrons. The standard InChI is InChI=1S/C18H27N3O3.ClH/c1-14-4-2-6-16(12-14)24-11-7-17(22)21-10-3-5-15(13-21)18(23)20-9-8-19;/h2,4,6,12,15H,3,5,7-11,13,19H2,1H3,(H,20,23);1H. The molecule has 3 N–H and O–H groups in total. The fraction of sp³-hybridized carbons (Fsp3) is 0.556. The van der Waals surface area contributed by atoms with Crippen LogP contribution >= 0.6 is 12.4 Å². The number of nitrogens with one attached hydrogen (secondary N) is 1. The van der Waals surface area contributed by atoms with Gasteiger partial charge in [0.1, 0.15) is 5.75 Å². The lowest BCUT2D eigenvalue weighted by molar-refractivity contribution is -0.136. The van der Waals surface area contributed by atoms with Gasteiger partial charge in [-0.15, -0.1) is 12.4 Å². The van der Waals surface area contributed by atoms with Crippen LogP contribution in [0.1, 0.15) is 24.8 Å². The molecular formula is C18H28ClN3O3. The Kier molecular flexibility index (Phi) is 9.31. The highest BCUT2D eigenvalue weighted by atomic mass is 35.5. The Labute approximate surface area is 155 Å². The molecule has 2 rings (SSSR count). The van der Waals surface area contributed by atoms with Crippen molar-refractivity contribution in [1.82, 2.24) is 10.2 Å². The van der Waals surface area contributed by atoms with E-state index in [-0.39, 0.29) is 30.1 Å². The summed E-state index contributed by atoms with van der Waals surface area (Å²) in [4.78, 5) is 26.1. The van der Waals surface area contributed by atoms with Gasteiger partial charge in [0, 0.05) is 26.2 Å². The summed E-state index contributed by atoms with van der Waals surface area (Å²) in [7, 11) is 0. The van der Waals surface area contributed by atoms with E-state index in [9.17, 15) is 9.59 Å². The number of likely N-dealkylation sites (tertiary alicyclic amines) is 1. The number of carbonyl (C=O) groups excluding carboxylic acids is 2. The Morgan fingerprint density at radius 1 is 1.40 bits per heavy atom. The van der Waals surface area contributed by atoms with Crippen LogP contribution in [0, 0.1) is 12.8 Å². The SMILES string of the molecule is Cc1cccc(OCCC(=O)N2CCCC(C(=O)NCCN)C2)c1.Cl. The number of piperidine rings is 1. The summed E-state index contributed by atoms with van der Waals surface area (Å²) in [5.41, 5.74) is 6.53. The molecule has 1 aliphatic heterocycles. The number of amides is 2. The number of hydrogen-bond donors (Lipinski definition) is 2. The van der Waals surface area contributed by atoms with E-state index in [0.717, 1.165) is 24.2 Å². The number of halogens is 1. The normalized spacial score (nSPS) is 16.7. The highest BCUT2D eigenvalue weighted by Crippen LogP contribution is 2.18. The van der Waals surface area contributed by atoms with Crippen molar-refractivity contribution in [3.05, 3.63) is 29.8 Å². The molecule has 0 radical (unpaired) electrons. The third-order valence-electron chi connectivity index (χ3n) is 4.16. The molecule has 0 bridgehead atoms. The van der Waals surface area contributed by atoms with Gasteiger partial charge in [-0.2, -0.15) is 0 Å². The number of ether oxygens (including phenoxy) is 1. The number of aryl methyl sites for hydroxylation is 1. The maximum atomic E-state index is 12.3. The van der Waals surface area contributed by atoms with Gasteiger partial charge in [0.25, 0.3) is 0 Å². The lowest BCUT2D eigenvalue weighted by Crippen LogP contribution is -2.46. The number of carbonyl (C=O) groups is 2. The van der Waals surface area contributed by atoms with Gasteiger partial charge in [-0.05, 0) is 37.5 Å². The second kappa shape index (κ2) is 10.9. The van der Waals surface area contributed by atoms with Crippen molar-refractivity contribution < 1.29 is 14.3 Å². The fourth-order valence-electron chi connectivity index (χ4n) is 2.88. The van der Waals surface area contributed by atoms with Crippen molar-refractivity contribution in [2.24, 2.45) is 11.7 Å². The quantitative estimate of drug-likeness (QED) is 0.762. The summed E-state index contributed by atoms with van der Waals surface area (Å²) in [6.07, 6.45) is 2.00. The highest BCUT2D eigenvalue weighted by molar-refractivity contribution is 5.85. The lowest BCUT2D eigenvalue weighted by Gasteiger charge is -2.32. The minimum Gasteiger partial charge on any atom is -0.493 e. The molecular weight excluding hydrogens is 342 g/mol. The average molecular weight is 370 g/mol. The Hall–Kier alpha value is -1.79. The second-order valence-corrected chi connectivity index (χ2v) is 6.17. The molecule has 0 saturated carbocycles. The predicted molar refractivity (Wildman–Crippen MR) is 99.9 cm³/mol. The van der Waals surface area contributed by atoms with Crippen LogP contribution in [0.4, 0.5) is 0 Å². The van der Waals surface area contributed by atoms with Crippen LogP contribution in [0.2, 0.25) is 0 Å². The lowest BCUT2D eigenvalue weighted by atomic mass is 9.97. The molecule has 1 aliphatic rings. The van der Waals surface area contributed by atoms with Gasteiger partial charge in [-0.3, -0.25) is 9.59 Å². The van der Waals surface area contributed by atoms with E-state index in [1.165, 1.54) is 0 Å². The van der Waals surface area contributed by atoms with Crippen molar-refractivity contribution in [3.63, 3.8) is 0 Å². The first-order valence-electron chi connectivity index (χ1n) is 8.55. The topological polar surface area (TPSA) is 84.7 Å². The maximum Gasteiger partial charge on any atom is 0.226 e. The smallest absolute Gasteiger partial charge is 0.226 e. The Morgan fingerprint density at radius 3 is 2.92 bits per heavy atom. The van der Waals surface area contributed by atoms with Gasteiger partial charge >= 0.3 is 0 Å². The molecule has 25 heavy (non-hydrogen) atoms. The number of nitrogens with two attached hydrogens (primary N) is 1. The van der Waals surface area contributed by atoms with E-state index in [2.05, 4.69) is 5.32 Å². The molecule has 1 saturated heterocycles. The van der Waals surface area contributed by atoms with Crippen LogP contribution in [-0.2, 0) is 9.59 Å². The molecule has 0 aromatic heterocycles.